The first-order valence-corrected chi connectivity index (χ1v) is 9.32. The van der Waals surface area contributed by atoms with Crippen molar-refractivity contribution in [2.45, 2.75) is 51.8 Å². The molecule has 2 saturated heterocycles. The second-order valence-corrected chi connectivity index (χ2v) is 8.64. The number of alkyl halides is 3. The van der Waals surface area contributed by atoms with Gasteiger partial charge in [-0.1, -0.05) is 0 Å². The van der Waals surface area contributed by atoms with E-state index in [-0.39, 0.29) is 23.0 Å². The number of ether oxygens (including phenoxy) is 1. The lowest BCUT2D eigenvalue weighted by molar-refractivity contribution is -0.141. The summed E-state index contributed by atoms with van der Waals surface area (Å²) in [6.45, 7) is 7.80. The van der Waals surface area contributed by atoms with Crippen LogP contribution in [0.2, 0.25) is 0 Å². The van der Waals surface area contributed by atoms with Gasteiger partial charge >= 0.3 is 12.3 Å². The van der Waals surface area contributed by atoms with E-state index < -0.39 is 17.5 Å². The molecule has 1 amide bonds. The number of halogens is 3. The van der Waals surface area contributed by atoms with Crippen LogP contribution in [0.4, 0.5) is 29.5 Å². The number of piperidine rings is 1. The molecule has 3 rings (SSSR count). The third kappa shape index (κ3) is 4.41. The number of nitrogen functional groups attached to an aromatic ring is 1. The molecule has 1 spiro atoms. The smallest absolute Gasteiger partial charge is 0.435 e. The first-order valence-electron chi connectivity index (χ1n) is 9.32. The van der Waals surface area contributed by atoms with E-state index in [2.05, 4.69) is 10.2 Å². The van der Waals surface area contributed by atoms with Gasteiger partial charge in [0.15, 0.2) is 11.5 Å². The van der Waals surface area contributed by atoms with Gasteiger partial charge in [0.05, 0.1) is 5.69 Å². The van der Waals surface area contributed by atoms with Crippen LogP contribution in [0.1, 0.15) is 45.7 Å². The molecule has 1 aromatic heterocycles. The summed E-state index contributed by atoms with van der Waals surface area (Å²) in [5, 5.41) is 6.65. The molecule has 28 heavy (non-hydrogen) atoms. The molecule has 10 heteroatoms. The van der Waals surface area contributed by atoms with E-state index in [9.17, 15) is 18.0 Å². The van der Waals surface area contributed by atoms with Crippen molar-refractivity contribution in [1.29, 1.82) is 0 Å². The average Bonchev–Trinajstić information content (AvgIpc) is 2.96. The molecule has 0 saturated carbocycles. The van der Waals surface area contributed by atoms with Crippen LogP contribution >= 0.6 is 0 Å². The molecule has 7 nitrogen and oxygen atoms in total. The van der Waals surface area contributed by atoms with Crippen LogP contribution < -0.4 is 10.6 Å². The lowest BCUT2D eigenvalue weighted by atomic mass is 9.78. The second-order valence-electron chi connectivity index (χ2n) is 8.64. The van der Waals surface area contributed by atoms with Crippen molar-refractivity contribution >= 4 is 17.6 Å². The quantitative estimate of drug-likeness (QED) is 0.777. The third-order valence-corrected chi connectivity index (χ3v) is 5.35. The van der Waals surface area contributed by atoms with Gasteiger partial charge in [0.2, 0.25) is 0 Å². The Morgan fingerprint density at radius 1 is 1.14 bits per heavy atom. The van der Waals surface area contributed by atoms with E-state index in [0.717, 1.165) is 25.3 Å². The molecule has 3 heterocycles. The number of hydrogen-bond donors (Lipinski definition) is 1. The van der Waals surface area contributed by atoms with Crippen molar-refractivity contribution in [3.63, 3.8) is 0 Å². The molecule has 0 aromatic carbocycles. The molecule has 2 fully saturated rings. The molecular weight excluding hydrogens is 375 g/mol. The van der Waals surface area contributed by atoms with Gasteiger partial charge in [-0.2, -0.15) is 13.2 Å². The minimum atomic E-state index is -4.56. The standard InChI is InChI=1S/C18H26F3N5O2/c1-16(2,3)28-15(27)25-7-4-17(5-8-25)6-9-26(11-17)12-10-13(18(19,20)21)23-24-14(12)22/h10H,4-9,11H2,1-3H3,(H2,22,24). The molecular formula is C18H26F3N5O2. The summed E-state index contributed by atoms with van der Waals surface area (Å²) in [5.41, 5.74) is 4.43. The molecule has 2 aliphatic rings. The summed E-state index contributed by atoms with van der Waals surface area (Å²) in [6, 6.07) is 0.969. The summed E-state index contributed by atoms with van der Waals surface area (Å²) in [4.78, 5) is 15.8. The predicted octanol–water partition coefficient (Wildman–Crippen LogP) is 3.31. The largest absolute Gasteiger partial charge is 0.444 e. The van der Waals surface area contributed by atoms with Crippen LogP contribution in [0.3, 0.4) is 0 Å². The normalized spacial score (nSPS) is 19.9. The fourth-order valence-corrected chi connectivity index (χ4v) is 3.82. The minimum Gasteiger partial charge on any atom is -0.444 e. The van der Waals surface area contributed by atoms with Crippen LogP contribution in [0.25, 0.3) is 0 Å². The zero-order valence-corrected chi connectivity index (χ0v) is 16.3. The lowest BCUT2D eigenvalue weighted by Gasteiger charge is -2.39. The van der Waals surface area contributed by atoms with Crippen molar-refractivity contribution in [2.24, 2.45) is 5.41 Å². The van der Waals surface area contributed by atoms with E-state index in [4.69, 9.17) is 10.5 Å². The van der Waals surface area contributed by atoms with E-state index in [1.807, 2.05) is 25.7 Å². The number of carbonyl (C=O) groups excluding carboxylic acids is 1. The van der Waals surface area contributed by atoms with Crippen LogP contribution in [-0.4, -0.2) is 53.0 Å². The fourth-order valence-electron chi connectivity index (χ4n) is 3.82. The Labute approximate surface area is 162 Å². The summed E-state index contributed by atoms with van der Waals surface area (Å²) in [5.74, 6) is -0.00348. The Morgan fingerprint density at radius 3 is 2.32 bits per heavy atom. The van der Waals surface area contributed by atoms with Gasteiger partial charge in [0, 0.05) is 26.2 Å². The molecule has 2 N–H and O–H groups in total. The average molecular weight is 401 g/mol. The van der Waals surface area contributed by atoms with Crippen molar-refractivity contribution in [3.05, 3.63) is 11.8 Å². The number of aromatic nitrogens is 2. The number of amides is 1. The van der Waals surface area contributed by atoms with Crippen LogP contribution in [-0.2, 0) is 10.9 Å². The number of nitrogens with zero attached hydrogens (tertiary/aromatic N) is 4. The van der Waals surface area contributed by atoms with E-state index in [1.54, 1.807) is 4.90 Å². The number of anilines is 2. The molecule has 0 unspecified atom stereocenters. The Balaban J connectivity index is 1.66. The van der Waals surface area contributed by atoms with Crippen molar-refractivity contribution in [1.82, 2.24) is 15.1 Å². The summed E-state index contributed by atoms with van der Waals surface area (Å²) in [6.07, 6.45) is -2.51. The third-order valence-electron chi connectivity index (χ3n) is 5.35. The topological polar surface area (TPSA) is 84.6 Å². The Morgan fingerprint density at radius 2 is 1.75 bits per heavy atom. The van der Waals surface area contributed by atoms with Crippen molar-refractivity contribution < 1.29 is 22.7 Å². The van der Waals surface area contributed by atoms with Gasteiger partial charge in [-0.15, -0.1) is 10.2 Å². The maximum Gasteiger partial charge on any atom is 0.435 e. The van der Waals surface area contributed by atoms with Crippen LogP contribution in [0.15, 0.2) is 6.07 Å². The predicted molar refractivity (Wildman–Crippen MR) is 97.8 cm³/mol. The molecule has 1 aromatic rings. The van der Waals surface area contributed by atoms with Gasteiger partial charge in [-0.05, 0) is 51.5 Å². The molecule has 0 aliphatic carbocycles. The fraction of sp³-hybridized carbons (Fsp3) is 0.722. The number of rotatable bonds is 1. The maximum absolute atomic E-state index is 13.0. The highest BCUT2D eigenvalue weighted by molar-refractivity contribution is 5.68. The van der Waals surface area contributed by atoms with Gasteiger partial charge < -0.3 is 20.3 Å². The number of likely N-dealkylation sites (tertiary alicyclic amines) is 1. The highest BCUT2D eigenvalue weighted by Gasteiger charge is 2.43. The Hall–Kier alpha value is -2.26. The summed E-state index contributed by atoms with van der Waals surface area (Å²) >= 11 is 0. The van der Waals surface area contributed by atoms with E-state index >= 15 is 0 Å². The first-order chi connectivity index (χ1) is 12.9. The molecule has 0 radical (unpaired) electrons. The Kier molecular flexibility index (Phi) is 5.09. The lowest BCUT2D eigenvalue weighted by Crippen LogP contribution is -2.46. The van der Waals surface area contributed by atoms with Crippen LogP contribution in [0.5, 0.6) is 0 Å². The number of nitrogens with two attached hydrogens (primary N) is 1. The van der Waals surface area contributed by atoms with Crippen molar-refractivity contribution in [2.75, 3.05) is 36.8 Å². The van der Waals surface area contributed by atoms with Gasteiger partial charge in [-0.3, -0.25) is 0 Å². The second kappa shape index (κ2) is 6.97. The maximum atomic E-state index is 13.0. The molecule has 0 atom stereocenters. The zero-order chi connectivity index (χ0) is 20.7. The van der Waals surface area contributed by atoms with Crippen molar-refractivity contribution in [3.8, 4) is 0 Å². The zero-order valence-electron chi connectivity index (χ0n) is 16.3. The highest BCUT2D eigenvalue weighted by Crippen LogP contribution is 2.43. The van der Waals surface area contributed by atoms with Gasteiger partial charge in [-0.25, -0.2) is 4.79 Å². The molecule has 2 aliphatic heterocycles. The van der Waals surface area contributed by atoms with Gasteiger partial charge in [0.1, 0.15) is 5.60 Å². The minimum absolute atomic E-state index is 0.00348. The summed E-state index contributed by atoms with van der Waals surface area (Å²) in [7, 11) is 0. The monoisotopic (exact) mass is 401 g/mol. The molecule has 0 bridgehead atoms. The van der Waals surface area contributed by atoms with Crippen LogP contribution in [0, 0.1) is 5.41 Å². The van der Waals surface area contributed by atoms with E-state index in [1.165, 1.54) is 0 Å². The highest BCUT2D eigenvalue weighted by atomic mass is 19.4. The first kappa shape index (κ1) is 20.5. The number of carbonyl (C=O) groups is 1. The Bertz CT molecular complexity index is 740. The van der Waals surface area contributed by atoms with E-state index in [0.29, 0.717) is 26.2 Å². The molecule has 156 valence electrons. The van der Waals surface area contributed by atoms with Gasteiger partial charge in [0.25, 0.3) is 0 Å². The SMILES string of the molecule is CC(C)(C)OC(=O)N1CCC2(CC1)CCN(c1cc(C(F)(F)F)nnc1N)C2. The number of hydrogen-bond acceptors (Lipinski definition) is 6. The summed E-state index contributed by atoms with van der Waals surface area (Å²) < 4.78 is 44.3.